The molecule has 1 fully saturated rings. The van der Waals surface area contributed by atoms with Crippen molar-refractivity contribution >= 4 is 0 Å². The predicted octanol–water partition coefficient (Wildman–Crippen LogP) is 1.05. The highest BCUT2D eigenvalue weighted by atomic mass is 16.7. The van der Waals surface area contributed by atoms with Gasteiger partial charge in [-0.1, -0.05) is 6.92 Å². The first-order chi connectivity index (χ1) is 4.77. The van der Waals surface area contributed by atoms with Gasteiger partial charge >= 0.3 is 0 Å². The summed E-state index contributed by atoms with van der Waals surface area (Å²) in [5.74, 6) is 0. The molecule has 1 aliphatic rings. The molecule has 1 aliphatic heterocycles. The molecule has 56 valence electrons. The molecule has 1 rings (SSSR count). The lowest BCUT2D eigenvalue weighted by atomic mass is 10.3. The van der Waals surface area contributed by atoms with Gasteiger partial charge in [-0.2, -0.15) is 5.26 Å². The normalized spacial score (nSPS) is 39.5. The molecule has 0 N–H and O–H groups in total. The molecule has 3 atom stereocenters. The SMILES string of the molecule is CCC1OC(C)C(C#N)O1. The maximum Gasteiger partial charge on any atom is 0.172 e. The number of rotatable bonds is 1. The first-order valence-electron chi connectivity index (χ1n) is 3.48. The number of ether oxygens (including phenoxy) is 2. The number of hydrogen-bond donors (Lipinski definition) is 0. The first-order valence-corrected chi connectivity index (χ1v) is 3.48. The van der Waals surface area contributed by atoms with E-state index < -0.39 is 0 Å². The molecule has 0 bridgehead atoms. The van der Waals surface area contributed by atoms with Crippen LogP contribution in [0.3, 0.4) is 0 Å². The Labute approximate surface area is 60.5 Å². The van der Waals surface area contributed by atoms with Crippen LogP contribution in [0.25, 0.3) is 0 Å². The summed E-state index contributed by atoms with van der Waals surface area (Å²) < 4.78 is 10.5. The fraction of sp³-hybridized carbons (Fsp3) is 0.857. The standard InChI is InChI=1S/C7H11NO2/c1-3-7-9-5(2)6(4-8)10-7/h5-7H,3H2,1-2H3. The molecule has 10 heavy (non-hydrogen) atoms. The molecule has 0 saturated carbocycles. The van der Waals surface area contributed by atoms with Crippen molar-refractivity contribution in [2.75, 3.05) is 0 Å². The highest BCUT2D eigenvalue weighted by Crippen LogP contribution is 2.19. The minimum Gasteiger partial charge on any atom is -0.346 e. The average molecular weight is 141 g/mol. The molecule has 3 heteroatoms. The van der Waals surface area contributed by atoms with Gasteiger partial charge in [0.05, 0.1) is 12.2 Å². The van der Waals surface area contributed by atoms with E-state index in [2.05, 4.69) is 0 Å². The average Bonchev–Trinajstić information content (AvgIpc) is 2.30. The van der Waals surface area contributed by atoms with Crippen molar-refractivity contribution in [2.24, 2.45) is 0 Å². The quantitative estimate of drug-likeness (QED) is 0.548. The molecule has 0 radical (unpaired) electrons. The van der Waals surface area contributed by atoms with Gasteiger partial charge in [0.1, 0.15) is 0 Å². The minimum atomic E-state index is -0.370. The Bertz CT molecular complexity index is 152. The van der Waals surface area contributed by atoms with Crippen LogP contribution in [0.1, 0.15) is 20.3 Å². The monoisotopic (exact) mass is 141 g/mol. The summed E-state index contributed by atoms with van der Waals surface area (Å²) in [5, 5.41) is 8.49. The molecule has 0 aromatic heterocycles. The fourth-order valence-corrected chi connectivity index (χ4v) is 0.945. The van der Waals surface area contributed by atoms with E-state index in [9.17, 15) is 0 Å². The van der Waals surface area contributed by atoms with E-state index in [1.54, 1.807) is 0 Å². The molecule has 1 heterocycles. The second kappa shape index (κ2) is 3.00. The van der Waals surface area contributed by atoms with Crippen molar-refractivity contribution in [1.82, 2.24) is 0 Å². The highest BCUT2D eigenvalue weighted by Gasteiger charge is 2.31. The first kappa shape index (κ1) is 7.52. The Balaban J connectivity index is 2.46. The van der Waals surface area contributed by atoms with Gasteiger partial charge in [-0.05, 0) is 13.3 Å². The van der Waals surface area contributed by atoms with Gasteiger partial charge < -0.3 is 9.47 Å². The van der Waals surface area contributed by atoms with Crippen LogP contribution < -0.4 is 0 Å². The van der Waals surface area contributed by atoms with Crippen LogP contribution in [0.4, 0.5) is 0 Å². The Kier molecular flexibility index (Phi) is 2.25. The third-order valence-corrected chi connectivity index (χ3v) is 1.55. The summed E-state index contributed by atoms with van der Waals surface area (Å²) in [6, 6.07) is 2.03. The molecule has 0 aromatic rings. The largest absolute Gasteiger partial charge is 0.346 e. The van der Waals surface area contributed by atoms with Crippen LogP contribution >= 0.6 is 0 Å². The molecule has 0 aromatic carbocycles. The Morgan fingerprint density at radius 2 is 2.20 bits per heavy atom. The zero-order chi connectivity index (χ0) is 7.56. The van der Waals surface area contributed by atoms with Crippen LogP contribution in [0.2, 0.25) is 0 Å². The van der Waals surface area contributed by atoms with E-state index in [0.717, 1.165) is 6.42 Å². The van der Waals surface area contributed by atoms with Crippen LogP contribution in [0.15, 0.2) is 0 Å². The summed E-state index contributed by atoms with van der Waals surface area (Å²) in [7, 11) is 0. The molecule has 3 nitrogen and oxygen atoms in total. The molecule has 0 aliphatic carbocycles. The summed E-state index contributed by atoms with van der Waals surface area (Å²) in [4.78, 5) is 0. The molecule has 3 unspecified atom stereocenters. The van der Waals surface area contributed by atoms with Crippen molar-refractivity contribution in [3.05, 3.63) is 0 Å². The van der Waals surface area contributed by atoms with Crippen molar-refractivity contribution in [2.45, 2.75) is 38.8 Å². The maximum absolute atomic E-state index is 8.49. The van der Waals surface area contributed by atoms with Gasteiger partial charge in [-0.3, -0.25) is 0 Å². The van der Waals surface area contributed by atoms with E-state index >= 15 is 0 Å². The Hall–Kier alpha value is -0.590. The molecular formula is C7H11NO2. The minimum absolute atomic E-state index is 0.0741. The Morgan fingerprint density at radius 1 is 1.50 bits per heavy atom. The lowest BCUT2D eigenvalue weighted by Gasteiger charge is -2.03. The van der Waals surface area contributed by atoms with E-state index in [-0.39, 0.29) is 18.5 Å². The zero-order valence-corrected chi connectivity index (χ0v) is 6.20. The molecular weight excluding hydrogens is 130 g/mol. The molecule has 0 spiro atoms. The van der Waals surface area contributed by atoms with Crippen molar-refractivity contribution in [3.63, 3.8) is 0 Å². The molecule has 0 amide bonds. The van der Waals surface area contributed by atoms with E-state index in [4.69, 9.17) is 14.7 Å². The summed E-state index contributed by atoms with van der Waals surface area (Å²) in [5.41, 5.74) is 0. The van der Waals surface area contributed by atoms with E-state index in [1.165, 1.54) is 0 Å². The lowest BCUT2D eigenvalue weighted by molar-refractivity contribution is -0.0605. The topological polar surface area (TPSA) is 42.2 Å². The lowest BCUT2D eigenvalue weighted by Crippen LogP contribution is -2.15. The maximum atomic E-state index is 8.49. The smallest absolute Gasteiger partial charge is 0.172 e. The molecule has 1 saturated heterocycles. The Morgan fingerprint density at radius 3 is 2.50 bits per heavy atom. The van der Waals surface area contributed by atoms with Crippen molar-refractivity contribution < 1.29 is 9.47 Å². The van der Waals surface area contributed by atoms with Gasteiger partial charge in [-0.25, -0.2) is 0 Å². The third kappa shape index (κ3) is 1.28. The second-order valence-corrected chi connectivity index (χ2v) is 2.36. The van der Waals surface area contributed by atoms with E-state index in [0.29, 0.717) is 0 Å². The van der Waals surface area contributed by atoms with Crippen LogP contribution in [0, 0.1) is 11.3 Å². The van der Waals surface area contributed by atoms with Crippen molar-refractivity contribution in [3.8, 4) is 6.07 Å². The zero-order valence-electron chi connectivity index (χ0n) is 6.20. The second-order valence-electron chi connectivity index (χ2n) is 2.36. The van der Waals surface area contributed by atoms with Crippen LogP contribution in [0.5, 0.6) is 0 Å². The predicted molar refractivity (Wildman–Crippen MR) is 35.1 cm³/mol. The van der Waals surface area contributed by atoms with Gasteiger partial charge in [0.15, 0.2) is 12.4 Å². The van der Waals surface area contributed by atoms with Gasteiger partial charge in [-0.15, -0.1) is 0 Å². The highest BCUT2D eigenvalue weighted by molar-refractivity contribution is 4.92. The number of nitriles is 1. The number of nitrogens with zero attached hydrogens (tertiary/aromatic N) is 1. The van der Waals surface area contributed by atoms with Crippen LogP contribution in [-0.4, -0.2) is 18.5 Å². The third-order valence-electron chi connectivity index (χ3n) is 1.55. The van der Waals surface area contributed by atoms with Crippen LogP contribution in [-0.2, 0) is 9.47 Å². The summed E-state index contributed by atoms with van der Waals surface area (Å²) >= 11 is 0. The number of hydrogen-bond acceptors (Lipinski definition) is 3. The van der Waals surface area contributed by atoms with Gasteiger partial charge in [0.25, 0.3) is 0 Å². The fourth-order valence-electron chi connectivity index (χ4n) is 0.945. The summed E-state index contributed by atoms with van der Waals surface area (Å²) in [6.45, 7) is 3.82. The van der Waals surface area contributed by atoms with Gasteiger partial charge in [0, 0.05) is 0 Å². The summed E-state index contributed by atoms with van der Waals surface area (Å²) in [6.07, 6.45) is 0.197. The van der Waals surface area contributed by atoms with Gasteiger partial charge in [0.2, 0.25) is 0 Å². The van der Waals surface area contributed by atoms with Crippen molar-refractivity contribution in [1.29, 1.82) is 5.26 Å². The van der Waals surface area contributed by atoms with E-state index in [1.807, 2.05) is 19.9 Å².